The summed E-state index contributed by atoms with van der Waals surface area (Å²) in [5, 5.41) is 0. The van der Waals surface area contributed by atoms with E-state index in [9.17, 15) is 208 Å². The maximum Gasteiger partial charge on any atom is 1.00 e. The molecule has 5 aliphatic rings. The van der Waals surface area contributed by atoms with Gasteiger partial charge in [-0.1, -0.05) is 0 Å². The minimum atomic E-state index is -6.58. The van der Waals surface area contributed by atoms with Crippen LogP contribution in [0.5, 0.6) is 0 Å². The number of ether oxygens (including phenoxy) is 9. The molecule has 0 saturated carbocycles. The third-order valence-electron chi connectivity index (χ3n) is 13.5. The van der Waals surface area contributed by atoms with Gasteiger partial charge in [0.1, 0.15) is 97.7 Å². The van der Waals surface area contributed by atoms with Crippen LogP contribution in [-0.2, 0) is 276 Å². The summed E-state index contributed by atoms with van der Waals surface area (Å²) in [6.45, 7) is -13.1. The van der Waals surface area contributed by atoms with Crippen molar-refractivity contribution in [2.45, 2.75) is 147 Å². The maximum atomic E-state index is 12.5. The second kappa shape index (κ2) is 41.3. The van der Waals surface area contributed by atoms with Gasteiger partial charge >= 0.3 is 218 Å². The molecule has 120 heavy (non-hydrogen) atoms. The quantitative estimate of drug-likeness (QED) is 0.0199. The normalized spacial score (nSPS) is 32.5. The minimum Gasteiger partial charge on any atom is -0.364 e. The fraction of sp³-hybridized carbons (Fsp3) is 1.00. The van der Waals surface area contributed by atoms with Crippen molar-refractivity contribution in [1.29, 1.82) is 0 Å². The third-order valence-corrected chi connectivity index (χ3v) is 20.9. The van der Waals surface area contributed by atoms with E-state index in [0.29, 0.717) is 0 Å². The summed E-state index contributed by atoms with van der Waals surface area (Å²) >= 11 is 0. The molecule has 0 aromatic carbocycles. The first-order valence-electron chi connectivity index (χ1n) is 28.0. The predicted molar refractivity (Wildman–Crippen MR) is 332 cm³/mol. The van der Waals surface area contributed by atoms with E-state index in [2.05, 4.69) is 66.9 Å². The van der Waals surface area contributed by atoms with Crippen LogP contribution in [0.2, 0.25) is 0 Å². The summed E-state index contributed by atoms with van der Waals surface area (Å²) in [6.07, 6.45) is -82.0. The molecule has 5 fully saturated rings. The standard InChI is InChI=1S/C30H52O73S16.K/c31-104(32,33)83-5-11-17(94-110(49,50)51)21(98-114(61,62)63)25(102-118(73,74)75)29(88-11)81-3-9-15(92-108(43,44)45)19(96-112(55,56)57)23(100-116(67,68)69)27(86-9)79-1-7-13(90-106(37,38)39)14(91-107(40,41)42)8(85-7)2-80-28-24(101-117(70,71)72)20(97-113(58,59)60)16(93-109(46,47)48)10(87-28)4-82-30-26(103-119(76,77)78)22(99-115(64,65)66)18(95-111(52,53)54)12(89-30)6-84-105(34,35)36;/h7-30H,1-6H2,(H,31,32,33)(H,34,35,36)(H,37,38,39)(H,40,41,42)(H,43,44,45)(H,46,47,48)(H,49,50,51)(H,52,53,54)(H,55,56,57)(H,58,59,60)(H,61,62,63)(H,64,65,66)(H,67,68,69)(H,70,71,72)(H,73,74,75)(H,76,77,78);/q;+1/t7-,8-,9-,10-,11-,12-,13-,14-,15-,16-,17-,18-,19+,20+,21+,22+,23-,24-,25-,26-,27-,28-,29-,30-;/m1./s1. The largest absolute Gasteiger partial charge is 1.00 e. The molecule has 73 nitrogen and oxygen atoms in total. The van der Waals surface area contributed by atoms with E-state index in [4.69, 9.17) is 42.6 Å². The zero-order valence-electron chi connectivity index (χ0n) is 56.1. The van der Waals surface area contributed by atoms with Gasteiger partial charge < -0.3 is 42.6 Å². The molecule has 0 aromatic rings. The smallest absolute Gasteiger partial charge is 0.364 e. The summed E-state index contributed by atoms with van der Waals surface area (Å²) < 4.78 is 660. The average molecular weight is 2130 g/mol. The molecular weight excluding hydrogens is 2080 g/mol. The Hall–Kier alpha value is -0.804. The molecule has 0 amide bonds. The summed E-state index contributed by atoms with van der Waals surface area (Å²) in [4.78, 5) is 0. The van der Waals surface area contributed by atoms with Gasteiger partial charge in [0.25, 0.3) is 0 Å². The number of rotatable bonds is 46. The molecule has 0 unspecified atom stereocenters. The van der Waals surface area contributed by atoms with Gasteiger partial charge in [-0.15, -0.1) is 0 Å². The van der Waals surface area contributed by atoms with E-state index in [1.807, 2.05) is 0 Å². The zero-order chi connectivity index (χ0) is 91.8. The molecule has 0 radical (unpaired) electrons. The van der Waals surface area contributed by atoms with Crippen LogP contribution in [0.15, 0.2) is 0 Å². The van der Waals surface area contributed by atoms with E-state index >= 15 is 0 Å². The summed E-state index contributed by atoms with van der Waals surface area (Å²) in [5.74, 6) is 0. The first kappa shape index (κ1) is 112. The fourth-order valence-electron chi connectivity index (χ4n) is 10.2. The second-order valence-corrected chi connectivity index (χ2v) is 38.8. The van der Waals surface area contributed by atoms with Crippen LogP contribution in [0, 0.1) is 0 Å². The van der Waals surface area contributed by atoms with Crippen LogP contribution >= 0.6 is 0 Å². The van der Waals surface area contributed by atoms with Crippen molar-refractivity contribution in [2.24, 2.45) is 0 Å². The van der Waals surface area contributed by atoms with Gasteiger partial charge in [0.05, 0.1) is 39.6 Å². The molecule has 0 aliphatic carbocycles. The van der Waals surface area contributed by atoms with Crippen molar-refractivity contribution in [3.63, 3.8) is 0 Å². The Morgan fingerprint density at radius 3 is 0.417 bits per heavy atom. The second-order valence-electron chi connectivity index (χ2n) is 22.0. The zero-order valence-corrected chi connectivity index (χ0v) is 72.2. The van der Waals surface area contributed by atoms with Crippen molar-refractivity contribution in [1.82, 2.24) is 0 Å². The Labute approximate surface area is 714 Å². The van der Waals surface area contributed by atoms with Gasteiger partial charge in [-0.25, -0.2) is 66.9 Å². The SMILES string of the molecule is O=S(=O)(O)OC[C@H]1O[C@@H](OC[C@H]2O[C@@H](OC[C@H]3O[C@H](CO[C@@H]4O[C@H](CO[C@@H]5O[C@H](COS(=O)(=O)O)[C@@H](OS(=O)(=O)O)[C@H](OS(=O)(=O)O)[C@H]5OS(=O)(=O)O)[C@@H](OS(=O)(=O)O)[C@H](OS(=O)(=O)O)[C@H]4OS(=O)(=O)O)[C@@H](OS(=O)(=O)O)[C@@H]3OS(=O)(=O)O)[C@H](OS(=O)(=O)O)[C@@H](OS(=O)(=O)O)[C@@H]2OS(=O)(=O)O)[C@H](OS(=O)(=O)O)[C@@H](OS(=O)(=O)O)[C@@H]1OS(=O)(=O)O.[K+]. The minimum absolute atomic E-state index is 0. The van der Waals surface area contributed by atoms with Crippen LogP contribution in [0.25, 0.3) is 0 Å². The maximum absolute atomic E-state index is 12.5. The predicted octanol–water partition coefficient (Wildman–Crippen LogP) is -17.0. The van der Waals surface area contributed by atoms with Crippen LogP contribution in [0.1, 0.15) is 0 Å². The molecule has 16 N–H and O–H groups in total. The Kier molecular flexibility index (Phi) is 38.4. The monoisotopic (exact) mass is 2130 g/mol. The Balaban J connectivity index is 0.0000303. The van der Waals surface area contributed by atoms with Crippen LogP contribution < -0.4 is 51.4 Å². The Bertz CT molecular complexity index is 5190. The molecule has 90 heteroatoms. The van der Waals surface area contributed by atoms with E-state index < -0.39 is 353 Å². The van der Waals surface area contributed by atoms with Crippen molar-refractivity contribution in [3.05, 3.63) is 0 Å². The number of hydrogen-bond acceptors (Lipinski definition) is 57. The van der Waals surface area contributed by atoms with Crippen molar-refractivity contribution >= 4 is 166 Å². The third kappa shape index (κ3) is 40.7. The molecule has 0 aromatic heterocycles. The van der Waals surface area contributed by atoms with E-state index in [1.165, 1.54) is 0 Å². The van der Waals surface area contributed by atoms with Crippen LogP contribution in [0.4, 0.5) is 0 Å². The molecule has 0 spiro atoms. The summed E-state index contributed by atoms with van der Waals surface area (Å²) in [5.41, 5.74) is 0. The molecule has 5 saturated heterocycles. The first-order chi connectivity index (χ1) is 52.9. The molecule has 5 heterocycles. The van der Waals surface area contributed by atoms with Gasteiger partial charge in [-0.3, -0.25) is 72.8 Å². The molecule has 706 valence electrons. The van der Waals surface area contributed by atoms with Crippen LogP contribution in [0.3, 0.4) is 0 Å². The molecule has 24 atom stereocenters. The van der Waals surface area contributed by atoms with Crippen LogP contribution in [-0.4, -0.2) is 394 Å². The van der Waals surface area contributed by atoms with E-state index in [0.717, 1.165) is 0 Å². The van der Waals surface area contributed by atoms with Crippen molar-refractivity contribution in [3.8, 4) is 0 Å². The topological polar surface area (TPSA) is 1100 Å². The van der Waals surface area contributed by atoms with Crippen molar-refractivity contribution in [2.75, 3.05) is 39.6 Å². The van der Waals surface area contributed by atoms with Gasteiger partial charge in [0.2, 0.25) is 0 Å². The summed E-state index contributed by atoms with van der Waals surface area (Å²) in [7, 11) is -102. The first-order valence-corrected chi connectivity index (χ1v) is 49.9. The molecule has 5 aliphatic heterocycles. The molecule has 5 rings (SSSR count). The van der Waals surface area contributed by atoms with Gasteiger partial charge in [0, 0.05) is 0 Å². The number of hydrogen-bond donors (Lipinski definition) is 16. The van der Waals surface area contributed by atoms with Gasteiger partial charge in [-0.05, 0) is 0 Å². The van der Waals surface area contributed by atoms with E-state index in [1.54, 1.807) is 0 Å². The summed E-state index contributed by atoms with van der Waals surface area (Å²) in [6, 6.07) is 0. The Morgan fingerprint density at radius 2 is 0.275 bits per heavy atom. The fourth-order valence-corrected chi connectivity index (χ4v) is 17.9. The average Bonchev–Trinajstić information content (AvgIpc) is 1.67. The van der Waals surface area contributed by atoms with Crippen molar-refractivity contribution < 1.29 is 368 Å². The van der Waals surface area contributed by atoms with Gasteiger partial charge in [0.15, 0.2) is 49.6 Å². The molecule has 0 bridgehead atoms. The van der Waals surface area contributed by atoms with E-state index in [-0.39, 0.29) is 51.4 Å². The Morgan fingerprint density at radius 1 is 0.158 bits per heavy atom. The van der Waals surface area contributed by atoms with Gasteiger partial charge in [-0.2, -0.15) is 135 Å². The molecular formula is C30H52KO73S16+.